The summed E-state index contributed by atoms with van der Waals surface area (Å²) >= 11 is 0. The van der Waals surface area contributed by atoms with Crippen LogP contribution in [-0.4, -0.2) is 31.4 Å². The predicted octanol–water partition coefficient (Wildman–Crippen LogP) is 4.14. The lowest BCUT2D eigenvalue weighted by atomic mass is 10.0. The summed E-state index contributed by atoms with van der Waals surface area (Å²) in [6.07, 6.45) is 2.18. The quantitative estimate of drug-likeness (QED) is 0.297. The standard InChI is InChI=1S/C21H20N2O5/c1-15(11-22-13-24)17-3-7-19(8-4-17)27-21(26)28-20-9-5-18(6-10-20)16(2)12-23-14-25/h3-10,15-16H,11-12H2,1-2H3. The van der Waals surface area contributed by atoms with Crippen LogP contribution in [0.3, 0.4) is 0 Å². The molecule has 0 radical (unpaired) electrons. The highest BCUT2D eigenvalue weighted by atomic mass is 16.7. The van der Waals surface area contributed by atoms with Gasteiger partial charge in [0.15, 0.2) is 0 Å². The molecular weight excluding hydrogens is 360 g/mol. The first-order valence-corrected chi connectivity index (χ1v) is 8.70. The number of aliphatic imine (C=N–C) groups is 2. The number of nitrogens with zero attached hydrogens (tertiary/aromatic N) is 2. The van der Waals surface area contributed by atoms with Crippen molar-refractivity contribution in [2.75, 3.05) is 13.1 Å². The maximum atomic E-state index is 11.9. The first-order valence-electron chi connectivity index (χ1n) is 8.70. The van der Waals surface area contributed by atoms with E-state index in [1.807, 2.05) is 13.8 Å². The molecule has 0 saturated heterocycles. The Kier molecular flexibility index (Phi) is 7.85. The summed E-state index contributed by atoms with van der Waals surface area (Å²) in [6.45, 7) is 4.56. The summed E-state index contributed by atoms with van der Waals surface area (Å²) in [6, 6.07) is 13.8. The highest BCUT2D eigenvalue weighted by molar-refractivity contribution is 5.67. The Morgan fingerprint density at radius 1 is 0.786 bits per heavy atom. The van der Waals surface area contributed by atoms with Crippen LogP contribution >= 0.6 is 0 Å². The summed E-state index contributed by atoms with van der Waals surface area (Å²) in [7, 11) is 0. The molecule has 0 heterocycles. The van der Waals surface area contributed by atoms with E-state index in [0.717, 1.165) is 11.1 Å². The lowest BCUT2D eigenvalue weighted by Gasteiger charge is -2.11. The molecule has 0 saturated carbocycles. The van der Waals surface area contributed by atoms with Gasteiger partial charge < -0.3 is 9.47 Å². The van der Waals surface area contributed by atoms with Crippen LogP contribution in [0.4, 0.5) is 4.79 Å². The number of hydrogen-bond donors (Lipinski definition) is 0. The van der Waals surface area contributed by atoms with E-state index in [9.17, 15) is 14.4 Å². The Balaban J connectivity index is 1.91. The van der Waals surface area contributed by atoms with Crippen molar-refractivity contribution in [2.24, 2.45) is 9.98 Å². The summed E-state index contributed by atoms with van der Waals surface area (Å²) in [5.74, 6) is 0.801. The van der Waals surface area contributed by atoms with Crippen LogP contribution in [0.2, 0.25) is 0 Å². The number of ether oxygens (including phenoxy) is 2. The molecule has 0 aliphatic heterocycles. The minimum Gasteiger partial charge on any atom is -0.395 e. The van der Waals surface area contributed by atoms with Gasteiger partial charge in [-0.25, -0.2) is 24.4 Å². The Bertz CT molecular complexity index is 807. The van der Waals surface area contributed by atoms with Gasteiger partial charge in [-0.3, -0.25) is 0 Å². The zero-order valence-corrected chi connectivity index (χ0v) is 15.6. The van der Waals surface area contributed by atoms with E-state index in [0.29, 0.717) is 24.6 Å². The van der Waals surface area contributed by atoms with Crippen molar-refractivity contribution in [1.29, 1.82) is 0 Å². The van der Waals surface area contributed by atoms with Gasteiger partial charge in [0.1, 0.15) is 11.5 Å². The molecule has 144 valence electrons. The molecule has 0 aliphatic rings. The van der Waals surface area contributed by atoms with E-state index < -0.39 is 6.16 Å². The first kappa shape index (κ1) is 20.8. The number of benzene rings is 2. The van der Waals surface area contributed by atoms with Crippen LogP contribution in [0, 0.1) is 0 Å². The Morgan fingerprint density at radius 3 is 1.46 bits per heavy atom. The Morgan fingerprint density at radius 2 is 1.14 bits per heavy atom. The van der Waals surface area contributed by atoms with E-state index in [1.54, 1.807) is 48.5 Å². The van der Waals surface area contributed by atoms with Crippen molar-refractivity contribution in [3.8, 4) is 11.5 Å². The zero-order valence-electron chi connectivity index (χ0n) is 15.6. The molecule has 0 spiro atoms. The zero-order chi connectivity index (χ0) is 20.4. The number of carbonyl (C=O) groups is 1. The minimum absolute atomic E-state index is 0.0561. The van der Waals surface area contributed by atoms with Gasteiger partial charge in [-0.2, -0.15) is 0 Å². The first-order chi connectivity index (χ1) is 13.5. The number of carbonyl (C=O) groups excluding carboxylic acids is 3. The highest BCUT2D eigenvalue weighted by Gasteiger charge is 2.11. The summed E-state index contributed by atoms with van der Waals surface area (Å²) < 4.78 is 10.3. The molecule has 7 heteroatoms. The van der Waals surface area contributed by atoms with E-state index in [2.05, 4.69) is 9.98 Å². The van der Waals surface area contributed by atoms with Gasteiger partial charge >= 0.3 is 6.16 Å². The Hall–Kier alpha value is -3.53. The molecular formula is C21H20N2O5. The Labute approximate surface area is 162 Å². The molecule has 2 aromatic carbocycles. The third-order valence-corrected chi connectivity index (χ3v) is 4.16. The highest BCUT2D eigenvalue weighted by Crippen LogP contribution is 2.22. The lowest BCUT2D eigenvalue weighted by Crippen LogP contribution is -2.13. The van der Waals surface area contributed by atoms with Gasteiger partial charge in [-0.05, 0) is 35.4 Å². The largest absolute Gasteiger partial charge is 0.519 e. The van der Waals surface area contributed by atoms with E-state index in [1.165, 1.54) is 12.2 Å². The normalized spacial score (nSPS) is 12.1. The fourth-order valence-electron chi connectivity index (χ4n) is 2.50. The maximum Gasteiger partial charge on any atom is 0.519 e. The number of isocyanates is 2. The van der Waals surface area contributed by atoms with Gasteiger partial charge in [0.05, 0.1) is 13.1 Å². The molecule has 0 fully saturated rings. The van der Waals surface area contributed by atoms with Crippen LogP contribution in [0.25, 0.3) is 0 Å². The molecule has 0 aromatic heterocycles. The maximum absolute atomic E-state index is 11.9. The van der Waals surface area contributed by atoms with Gasteiger partial charge in [0.25, 0.3) is 0 Å². The predicted molar refractivity (Wildman–Crippen MR) is 102 cm³/mol. The number of rotatable bonds is 8. The van der Waals surface area contributed by atoms with Crippen LogP contribution < -0.4 is 9.47 Å². The van der Waals surface area contributed by atoms with E-state index in [-0.39, 0.29) is 11.8 Å². The molecule has 7 nitrogen and oxygen atoms in total. The summed E-state index contributed by atoms with van der Waals surface area (Å²) in [5.41, 5.74) is 1.92. The smallest absolute Gasteiger partial charge is 0.395 e. The molecule has 2 unspecified atom stereocenters. The summed E-state index contributed by atoms with van der Waals surface area (Å²) in [5, 5.41) is 0. The average molecular weight is 380 g/mol. The third-order valence-electron chi connectivity index (χ3n) is 4.16. The van der Waals surface area contributed by atoms with Crippen molar-refractivity contribution >= 4 is 18.3 Å². The second-order valence-corrected chi connectivity index (χ2v) is 6.26. The SMILES string of the molecule is CC(CN=C=O)c1ccc(OC(=O)Oc2ccc(C(C)CN=C=O)cc2)cc1. The van der Waals surface area contributed by atoms with Crippen molar-refractivity contribution in [3.05, 3.63) is 59.7 Å². The molecule has 2 rings (SSSR count). The van der Waals surface area contributed by atoms with Crippen LogP contribution in [0.5, 0.6) is 11.5 Å². The van der Waals surface area contributed by atoms with Crippen LogP contribution in [0.15, 0.2) is 58.5 Å². The minimum atomic E-state index is -0.849. The van der Waals surface area contributed by atoms with Crippen molar-refractivity contribution in [1.82, 2.24) is 0 Å². The van der Waals surface area contributed by atoms with Gasteiger partial charge in [-0.1, -0.05) is 38.1 Å². The van der Waals surface area contributed by atoms with Crippen molar-refractivity contribution in [3.63, 3.8) is 0 Å². The fourth-order valence-corrected chi connectivity index (χ4v) is 2.50. The molecule has 0 N–H and O–H groups in total. The second kappa shape index (κ2) is 10.6. The molecule has 28 heavy (non-hydrogen) atoms. The topological polar surface area (TPSA) is 94.4 Å². The molecule has 0 amide bonds. The van der Waals surface area contributed by atoms with Crippen molar-refractivity contribution < 1.29 is 23.9 Å². The monoisotopic (exact) mass is 380 g/mol. The fraction of sp³-hybridized carbons (Fsp3) is 0.286. The second-order valence-electron chi connectivity index (χ2n) is 6.26. The van der Waals surface area contributed by atoms with Gasteiger partial charge in [-0.15, -0.1) is 0 Å². The third kappa shape index (κ3) is 6.32. The number of hydrogen-bond acceptors (Lipinski definition) is 7. The lowest BCUT2D eigenvalue weighted by molar-refractivity contribution is 0.152. The van der Waals surface area contributed by atoms with Gasteiger partial charge in [0, 0.05) is 11.8 Å². The summed E-state index contributed by atoms with van der Waals surface area (Å²) in [4.78, 5) is 39.4. The average Bonchev–Trinajstić information content (AvgIpc) is 2.71. The molecule has 2 aromatic rings. The van der Waals surface area contributed by atoms with E-state index >= 15 is 0 Å². The molecule has 2 atom stereocenters. The van der Waals surface area contributed by atoms with Crippen LogP contribution in [0.1, 0.15) is 36.8 Å². The van der Waals surface area contributed by atoms with Gasteiger partial charge in [0.2, 0.25) is 12.2 Å². The molecule has 0 aliphatic carbocycles. The van der Waals surface area contributed by atoms with Crippen LogP contribution in [-0.2, 0) is 9.59 Å². The van der Waals surface area contributed by atoms with E-state index in [4.69, 9.17) is 9.47 Å². The molecule has 0 bridgehead atoms. The van der Waals surface area contributed by atoms with Crippen molar-refractivity contribution in [2.45, 2.75) is 25.7 Å².